The summed E-state index contributed by atoms with van der Waals surface area (Å²) in [5.41, 5.74) is 11.0. The summed E-state index contributed by atoms with van der Waals surface area (Å²) in [4.78, 5) is 6.60. The molecule has 0 bridgehead atoms. The molecule has 42 heavy (non-hydrogen) atoms. The zero-order chi connectivity index (χ0) is 30.1. The molecule has 4 N–H and O–H groups in total. The Hall–Kier alpha value is -3.85. The molecule has 0 aliphatic heterocycles. The number of nitrogens with two attached hydrogens (primary N) is 1. The van der Waals surface area contributed by atoms with Gasteiger partial charge in [-0.1, -0.05) is 43.6 Å². The standard InChI is InChI=1S/C33H39ClFN5O2/c1-4-39(5-2)19-29(41)20-40-14-13-26(18-40)25-9-11-32(37-22-36)30(16-25)23(3)38-28-10-12-33(31(34)17-28)42-21-24-7-6-8-27(35)15-24/h6-18,22-23,29,38,41H,4-5,19-21H2,1-3H3,(H2,36,37). The Morgan fingerprint density at radius 2 is 1.90 bits per heavy atom. The van der Waals surface area contributed by atoms with Crippen LogP contribution in [0.5, 0.6) is 5.75 Å². The van der Waals surface area contributed by atoms with Gasteiger partial charge in [0.05, 0.1) is 29.2 Å². The van der Waals surface area contributed by atoms with Crippen LogP contribution in [0.15, 0.2) is 84.1 Å². The first-order chi connectivity index (χ1) is 20.3. The number of aromatic nitrogens is 1. The number of hydrogen-bond donors (Lipinski definition) is 3. The zero-order valence-corrected chi connectivity index (χ0v) is 25.1. The number of halogens is 2. The van der Waals surface area contributed by atoms with Gasteiger partial charge < -0.3 is 30.4 Å². The monoisotopic (exact) mass is 591 g/mol. The van der Waals surface area contributed by atoms with E-state index in [2.05, 4.69) is 47.4 Å². The van der Waals surface area contributed by atoms with E-state index >= 15 is 0 Å². The van der Waals surface area contributed by atoms with Crippen molar-refractivity contribution in [1.29, 1.82) is 0 Å². The van der Waals surface area contributed by atoms with Gasteiger partial charge in [-0.05, 0) is 85.2 Å². The highest BCUT2D eigenvalue weighted by Gasteiger charge is 2.15. The predicted octanol–water partition coefficient (Wildman–Crippen LogP) is 7.02. The lowest BCUT2D eigenvalue weighted by Crippen LogP contribution is -2.34. The Labute approximate surface area is 252 Å². The predicted molar refractivity (Wildman–Crippen MR) is 170 cm³/mol. The van der Waals surface area contributed by atoms with E-state index in [0.717, 1.165) is 46.7 Å². The summed E-state index contributed by atoms with van der Waals surface area (Å²) in [6.07, 6.45) is 4.89. The normalized spacial score (nSPS) is 13.0. The SMILES string of the molecule is CCN(CC)CC(O)Cn1ccc(-c2ccc(N=CN)c(C(C)Nc3ccc(OCc4cccc(F)c4)c(Cl)c3)c2)c1. The number of rotatable bonds is 14. The van der Waals surface area contributed by atoms with Gasteiger partial charge in [0.25, 0.3) is 0 Å². The van der Waals surface area contributed by atoms with Gasteiger partial charge in [0.1, 0.15) is 18.2 Å². The van der Waals surface area contributed by atoms with Crippen LogP contribution in [0.4, 0.5) is 15.8 Å². The van der Waals surface area contributed by atoms with Crippen LogP contribution in [-0.4, -0.2) is 46.7 Å². The molecule has 0 amide bonds. The molecule has 3 aromatic carbocycles. The van der Waals surface area contributed by atoms with E-state index in [1.54, 1.807) is 24.3 Å². The minimum atomic E-state index is -0.448. The van der Waals surface area contributed by atoms with Crippen LogP contribution in [0, 0.1) is 5.82 Å². The van der Waals surface area contributed by atoms with Crippen LogP contribution in [0.3, 0.4) is 0 Å². The van der Waals surface area contributed by atoms with Crippen LogP contribution in [-0.2, 0) is 13.2 Å². The Morgan fingerprint density at radius 1 is 1.10 bits per heavy atom. The van der Waals surface area contributed by atoms with Crippen molar-refractivity contribution in [3.63, 3.8) is 0 Å². The molecule has 0 aliphatic rings. The fourth-order valence-corrected chi connectivity index (χ4v) is 5.14. The third kappa shape index (κ3) is 8.35. The molecule has 2 unspecified atom stereocenters. The van der Waals surface area contributed by atoms with Gasteiger partial charge in [0.2, 0.25) is 0 Å². The first-order valence-corrected chi connectivity index (χ1v) is 14.6. The fourth-order valence-electron chi connectivity index (χ4n) is 4.91. The van der Waals surface area contributed by atoms with Crippen LogP contribution in [0.1, 0.15) is 37.9 Å². The van der Waals surface area contributed by atoms with Crippen molar-refractivity contribution in [3.05, 3.63) is 101 Å². The molecule has 0 aliphatic carbocycles. The van der Waals surface area contributed by atoms with Crippen molar-refractivity contribution >= 4 is 29.3 Å². The van der Waals surface area contributed by atoms with Gasteiger partial charge in [-0.25, -0.2) is 9.38 Å². The maximum Gasteiger partial charge on any atom is 0.138 e. The highest BCUT2D eigenvalue weighted by atomic mass is 35.5. The van der Waals surface area contributed by atoms with Crippen LogP contribution < -0.4 is 15.8 Å². The summed E-state index contributed by atoms with van der Waals surface area (Å²) < 4.78 is 21.3. The molecule has 4 rings (SSSR count). The molecular weight excluding hydrogens is 553 g/mol. The summed E-state index contributed by atoms with van der Waals surface area (Å²) in [7, 11) is 0. The number of hydrogen-bond acceptors (Lipinski definition) is 5. The van der Waals surface area contributed by atoms with E-state index in [9.17, 15) is 9.50 Å². The average Bonchev–Trinajstić information content (AvgIpc) is 3.44. The fraction of sp³-hybridized carbons (Fsp3) is 0.303. The zero-order valence-electron chi connectivity index (χ0n) is 24.3. The lowest BCUT2D eigenvalue weighted by atomic mass is 9.99. The van der Waals surface area contributed by atoms with Crippen molar-refractivity contribution in [2.75, 3.05) is 25.0 Å². The second kappa shape index (κ2) is 14.9. The van der Waals surface area contributed by atoms with Crippen molar-refractivity contribution in [2.45, 2.75) is 46.1 Å². The lowest BCUT2D eigenvalue weighted by molar-refractivity contribution is 0.103. The molecule has 222 valence electrons. The van der Waals surface area contributed by atoms with E-state index in [1.807, 2.05) is 35.9 Å². The number of aliphatic imine (C=N–C) groups is 1. The van der Waals surface area contributed by atoms with Crippen LogP contribution >= 0.6 is 11.6 Å². The number of nitrogens with one attached hydrogen (secondary N) is 1. The quantitative estimate of drug-likeness (QED) is 0.108. The Morgan fingerprint density at radius 3 is 2.62 bits per heavy atom. The smallest absolute Gasteiger partial charge is 0.138 e. The Bertz CT molecular complexity index is 1490. The van der Waals surface area contributed by atoms with Crippen molar-refractivity contribution in [3.8, 4) is 16.9 Å². The first-order valence-electron chi connectivity index (χ1n) is 14.2. The number of nitrogens with zero attached hydrogens (tertiary/aromatic N) is 3. The highest BCUT2D eigenvalue weighted by molar-refractivity contribution is 6.32. The van der Waals surface area contributed by atoms with Gasteiger partial charge in [0.15, 0.2) is 0 Å². The van der Waals surface area contributed by atoms with Gasteiger partial charge in [0, 0.05) is 36.7 Å². The van der Waals surface area contributed by atoms with E-state index in [1.165, 1.54) is 18.5 Å². The minimum Gasteiger partial charge on any atom is -0.487 e. The molecule has 1 heterocycles. The number of aliphatic hydroxyl groups is 1. The van der Waals surface area contributed by atoms with Crippen LogP contribution in [0.2, 0.25) is 5.02 Å². The topological polar surface area (TPSA) is 88.0 Å². The Kier molecular flexibility index (Phi) is 11.0. The first kappa shape index (κ1) is 31.1. The molecule has 7 nitrogen and oxygen atoms in total. The minimum absolute atomic E-state index is 0.128. The third-order valence-corrected chi connectivity index (χ3v) is 7.47. The molecule has 0 saturated heterocycles. The second-order valence-electron chi connectivity index (χ2n) is 10.2. The molecule has 0 fully saturated rings. The van der Waals surface area contributed by atoms with Crippen molar-refractivity contribution in [2.24, 2.45) is 10.7 Å². The average molecular weight is 592 g/mol. The summed E-state index contributed by atoms with van der Waals surface area (Å²) in [5.74, 6) is 0.210. The molecule has 0 radical (unpaired) electrons. The summed E-state index contributed by atoms with van der Waals surface area (Å²) >= 11 is 6.52. The van der Waals surface area contributed by atoms with Crippen molar-refractivity contribution < 1.29 is 14.2 Å². The van der Waals surface area contributed by atoms with E-state index < -0.39 is 6.10 Å². The molecule has 0 spiro atoms. The maximum absolute atomic E-state index is 13.5. The maximum atomic E-state index is 13.5. The summed E-state index contributed by atoms with van der Waals surface area (Å²) in [6, 6.07) is 19.8. The number of aliphatic hydroxyl groups excluding tert-OH is 1. The Balaban J connectivity index is 1.47. The second-order valence-corrected chi connectivity index (χ2v) is 10.6. The molecule has 1 aromatic heterocycles. The molecule has 9 heteroatoms. The van der Waals surface area contributed by atoms with Gasteiger partial charge in [-0.3, -0.25) is 0 Å². The van der Waals surface area contributed by atoms with E-state index in [4.69, 9.17) is 22.1 Å². The van der Waals surface area contributed by atoms with Crippen molar-refractivity contribution in [1.82, 2.24) is 9.47 Å². The molecule has 0 saturated carbocycles. The van der Waals surface area contributed by atoms with Crippen LogP contribution in [0.25, 0.3) is 11.1 Å². The highest BCUT2D eigenvalue weighted by Crippen LogP contribution is 2.35. The van der Waals surface area contributed by atoms with E-state index in [0.29, 0.717) is 23.9 Å². The van der Waals surface area contributed by atoms with Gasteiger partial charge in [-0.15, -0.1) is 0 Å². The molecular formula is C33H39ClFN5O2. The van der Waals surface area contributed by atoms with E-state index in [-0.39, 0.29) is 18.5 Å². The lowest BCUT2D eigenvalue weighted by Gasteiger charge is -2.22. The number of benzene rings is 3. The number of ether oxygens (including phenoxy) is 1. The number of likely N-dealkylation sites (N-methyl/N-ethyl adjacent to an activating group) is 1. The third-order valence-electron chi connectivity index (χ3n) is 7.17. The summed E-state index contributed by atoms with van der Waals surface area (Å²) in [6.45, 7) is 9.46. The van der Waals surface area contributed by atoms with Gasteiger partial charge >= 0.3 is 0 Å². The van der Waals surface area contributed by atoms with Gasteiger partial charge in [-0.2, -0.15) is 0 Å². The largest absolute Gasteiger partial charge is 0.487 e. The number of anilines is 1. The molecule has 4 aromatic rings. The summed E-state index contributed by atoms with van der Waals surface area (Å²) in [5, 5.41) is 14.5. The molecule has 2 atom stereocenters.